The molecule has 0 fully saturated rings. The second-order valence-corrected chi connectivity index (χ2v) is 10.2. The zero-order valence-electron chi connectivity index (χ0n) is 17.1. The number of carbonyl (C=O) groups is 1. The van der Waals surface area contributed by atoms with Crippen LogP contribution in [0, 0.1) is 0 Å². The second-order valence-electron chi connectivity index (χ2n) is 6.90. The van der Waals surface area contributed by atoms with Crippen molar-refractivity contribution in [3.05, 3.63) is 53.6 Å². The van der Waals surface area contributed by atoms with Crippen LogP contribution >= 0.6 is 22.9 Å². The third kappa shape index (κ3) is 6.39. The first-order valence-electron chi connectivity index (χ1n) is 9.25. The summed E-state index contributed by atoms with van der Waals surface area (Å²) in [6.07, 6.45) is 1.04. The smallest absolute Gasteiger partial charge is 0.246 e. The molecule has 1 aromatic heterocycles. The van der Waals surface area contributed by atoms with Gasteiger partial charge in [-0.1, -0.05) is 35.1 Å². The molecule has 1 amide bonds. The van der Waals surface area contributed by atoms with Gasteiger partial charge in [-0.15, -0.1) is 10.2 Å². The lowest BCUT2D eigenvalue weighted by molar-refractivity contribution is -0.114. The van der Waals surface area contributed by atoms with Gasteiger partial charge < -0.3 is 4.74 Å². The predicted molar refractivity (Wildman–Crippen MR) is 123 cm³/mol. The number of nitrogens with zero attached hydrogens (tertiary/aromatic N) is 3. The van der Waals surface area contributed by atoms with Crippen LogP contribution in [0.5, 0.6) is 5.75 Å². The van der Waals surface area contributed by atoms with Crippen molar-refractivity contribution in [1.82, 2.24) is 10.2 Å². The number of sulfonamides is 1. The lowest BCUT2D eigenvalue weighted by Crippen LogP contribution is -2.37. The molecule has 0 spiro atoms. The minimum absolute atomic E-state index is 0.00712. The Hall–Kier alpha value is -2.69. The Labute approximate surface area is 189 Å². The number of benzene rings is 2. The summed E-state index contributed by atoms with van der Waals surface area (Å²) in [4.78, 5) is 12.5. The van der Waals surface area contributed by atoms with Crippen molar-refractivity contribution in [2.24, 2.45) is 0 Å². The molecule has 0 saturated carbocycles. The molecule has 3 aromatic rings. The third-order valence-electron chi connectivity index (χ3n) is 3.95. The van der Waals surface area contributed by atoms with E-state index in [0.29, 0.717) is 21.5 Å². The highest BCUT2D eigenvalue weighted by Crippen LogP contribution is 2.27. The standard InChI is InChI=1S/C20H21ClN4O4S2/c1-13(2)29-17-10-8-16(9-11-17)25(31(3,27)28)12-18(26)22-20-24-23-19(30-20)14-4-6-15(21)7-5-14/h4-11,13H,12H2,1-3H3,(H,22,24,26). The Morgan fingerprint density at radius 2 is 1.77 bits per heavy atom. The SMILES string of the molecule is CC(C)Oc1ccc(N(CC(=O)Nc2nnc(-c3ccc(Cl)cc3)s2)S(C)(=O)=O)cc1. The molecule has 164 valence electrons. The van der Waals surface area contributed by atoms with E-state index in [1.807, 2.05) is 13.8 Å². The van der Waals surface area contributed by atoms with Gasteiger partial charge in [-0.05, 0) is 50.2 Å². The molecule has 1 N–H and O–H groups in total. The maximum absolute atomic E-state index is 12.5. The third-order valence-corrected chi connectivity index (χ3v) is 6.23. The molecule has 8 nitrogen and oxygen atoms in total. The van der Waals surface area contributed by atoms with Gasteiger partial charge in [-0.3, -0.25) is 14.4 Å². The first-order chi connectivity index (χ1) is 14.6. The number of hydrogen-bond donors (Lipinski definition) is 1. The Balaban J connectivity index is 1.71. The molecule has 0 radical (unpaired) electrons. The van der Waals surface area contributed by atoms with Crippen LogP contribution in [0.25, 0.3) is 10.6 Å². The molecule has 0 saturated heterocycles. The number of rotatable bonds is 8. The maximum atomic E-state index is 12.5. The van der Waals surface area contributed by atoms with Crippen LogP contribution in [0.15, 0.2) is 48.5 Å². The Bertz CT molecular complexity index is 1150. The largest absolute Gasteiger partial charge is 0.491 e. The fourth-order valence-corrected chi connectivity index (χ4v) is 4.38. The zero-order chi connectivity index (χ0) is 22.6. The zero-order valence-corrected chi connectivity index (χ0v) is 19.5. The van der Waals surface area contributed by atoms with E-state index in [9.17, 15) is 13.2 Å². The number of halogens is 1. The van der Waals surface area contributed by atoms with Crippen molar-refractivity contribution in [2.45, 2.75) is 20.0 Å². The molecule has 2 aromatic carbocycles. The van der Waals surface area contributed by atoms with E-state index >= 15 is 0 Å². The van der Waals surface area contributed by atoms with E-state index < -0.39 is 22.5 Å². The number of ether oxygens (including phenoxy) is 1. The van der Waals surface area contributed by atoms with Crippen molar-refractivity contribution in [3.8, 4) is 16.3 Å². The molecule has 11 heteroatoms. The van der Waals surface area contributed by atoms with Crippen LogP contribution < -0.4 is 14.4 Å². The van der Waals surface area contributed by atoms with Gasteiger partial charge in [0.15, 0.2) is 0 Å². The summed E-state index contributed by atoms with van der Waals surface area (Å²) in [7, 11) is -3.70. The van der Waals surface area contributed by atoms with Crippen LogP contribution in [0.2, 0.25) is 5.02 Å². The molecular weight excluding hydrogens is 460 g/mol. The summed E-state index contributed by atoms with van der Waals surface area (Å²) in [6.45, 7) is 3.39. The molecule has 3 rings (SSSR count). The number of aromatic nitrogens is 2. The van der Waals surface area contributed by atoms with Crippen molar-refractivity contribution in [3.63, 3.8) is 0 Å². The molecule has 0 atom stereocenters. The van der Waals surface area contributed by atoms with E-state index in [-0.39, 0.29) is 11.2 Å². The van der Waals surface area contributed by atoms with E-state index in [1.54, 1.807) is 48.5 Å². The van der Waals surface area contributed by atoms with Crippen LogP contribution in [0.1, 0.15) is 13.8 Å². The fourth-order valence-electron chi connectivity index (χ4n) is 2.64. The average Bonchev–Trinajstić information content (AvgIpc) is 3.14. The number of carbonyl (C=O) groups excluding carboxylic acids is 1. The summed E-state index contributed by atoms with van der Waals surface area (Å²) in [5.74, 6) is 0.0759. The number of anilines is 2. The average molecular weight is 481 g/mol. The minimum Gasteiger partial charge on any atom is -0.491 e. The summed E-state index contributed by atoms with van der Waals surface area (Å²) in [5, 5.41) is 12.1. The van der Waals surface area contributed by atoms with E-state index in [2.05, 4.69) is 15.5 Å². The molecule has 0 aliphatic carbocycles. The number of nitrogens with one attached hydrogen (secondary N) is 1. The fraction of sp³-hybridized carbons (Fsp3) is 0.250. The monoisotopic (exact) mass is 480 g/mol. The van der Waals surface area contributed by atoms with E-state index in [4.69, 9.17) is 16.3 Å². The lowest BCUT2D eigenvalue weighted by Gasteiger charge is -2.22. The maximum Gasteiger partial charge on any atom is 0.246 e. The normalized spacial score (nSPS) is 11.4. The Morgan fingerprint density at radius 3 is 2.35 bits per heavy atom. The number of amides is 1. The molecule has 31 heavy (non-hydrogen) atoms. The van der Waals surface area contributed by atoms with E-state index in [0.717, 1.165) is 16.1 Å². The van der Waals surface area contributed by atoms with Crippen LogP contribution in [-0.4, -0.2) is 43.4 Å². The van der Waals surface area contributed by atoms with Gasteiger partial charge in [0, 0.05) is 10.6 Å². The van der Waals surface area contributed by atoms with Crippen LogP contribution in [0.4, 0.5) is 10.8 Å². The Morgan fingerprint density at radius 1 is 1.13 bits per heavy atom. The molecular formula is C20H21ClN4O4S2. The van der Waals surface area contributed by atoms with Crippen molar-refractivity contribution in [1.29, 1.82) is 0 Å². The van der Waals surface area contributed by atoms with Gasteiger partial charge in [-0.2, -0.15) is 0 Å². The summed E-state index contributed by atoms with van der Waals surface area (Å²) in [5.41, 5.74) is 1.16. The van der Waals surface area contributed by atoms with Gasteiger partial charge in [0.05, 0.1) is 18.0 Å². The van der Waals surface area contributed by atoms with Gasteiger partial charge in [0.2, 0.25) is 21.1 Å². The summed E-state index contributed by atoms with van der Waals surface area (Å²) < 4.78 is 31.1. The second kappa shape index (κ2) is 9.63. The van der Waals surface area contributed by atoms with Gasteiger partial charge in [0.1, 0.15) is 17.3 Å². The van der Waals surface area contributed by atoms with Gasteiger partial charge in [0.25, 0.3) is 0 Å². The first kappa shape index (κ1) is 23.0. The van der Waals surface area contributed by atoms with E-state index in [1.165, 1.54) is 11.3 Å². The number of hydrogen-bond acceptors (Lipinski definition) is 7. The Kier molecular flexibility index (Phi) is 7.14. The molecule has 1 heterocycles. The summed E-state index contributed by atoms with van der Waals surface area (Å²) in [6, 6.07) is 13.6. The highest BCUT2D eigenvalue weighted by molar-refractivity contribution is 7.92. The van der Waals surface area contributed by atoms with Gasteiger partial charge >= 0.3 is 0 Å². The lowest BCUT2D eigenvalue weighted by atomic mass is 10.2. The predicted octanol–water partition coefficient (Wildman–Crippen LogP) is 4.05. The molecule has 0 aliphatic rings. The van der Waals surface area contributed by atoms with Crippen LogP contribution in [0.3, 0.4) is 0 Å². The van der Waals surface area contributed by atoms with Crippen LogP contribution in [-0.2, 0) is 14.8 Å². The minimum atomic E-state index is -3.70. The molecule has 0 aliphatic heterocycles. The van der Waals surface area contributed by atoms with Crippen molar-refractivity contribution in [2.75, 3.05) is 22.4 Å². The van der Waals surface area contributed by atoms with Crippen molar-refractivity contribution < 1.29 is 17.9 Å². The van der Waals surface area contributed by atoms with Crippen molar-refractivity contribution >= 4 is 49.7 Å². The molecule has 0 bridgehead atoms. The highest BCUT2D eigenvalue weighted by Gasteiger charge is 2.22. The summed E-state index contributed by atoms with van der Waals surface area (Å²) >= 11 is 7.07. The highest BCUT2D eigenvalue weighted by atomic mass is 35.5. The first-order valence-corrected chi connectivity index (χ1v) is 12.3. The quantitative estimate of drug-likeness (QED) is 0.522. The topological polar surface area (TPSA) is 101 Å². The van der Waals surface area contributed by atoms with Gasteiger partial charge in [-0.25, -0.2) is 8.42 Å². The molecule has 0 unspecified atom stereocenters.